The van der Waals surface area contributed by atoms with Crippen molar-refractivity contribution in [2.75, 3.05) is 7.11 Å². The average molecular weight is 323 g/mol. The summed E-state index contributed by atoms with van der Waals surface area (Å²) in [4.78, 5) is 4.21. The number of benzene rings is 1. The normalized spacial score (nSPS) is 10.5. The predicted molar refractivity (Wildman–Crippen MR) is 76.3 cm³/mol. The molecule has 2 nitrogen and oxygen atoms in total. The van der Waals surface area contributed by atoms with Crippen LogP contribution in [0.3, 0.4) is 0 Å². The molecule has 0 radical (unpaired) electrons. The van der Waals surface area contributed by atoms with Crippen LogP contribution in [0.25, 0.3) is 11.3 Å². The predicted octanol–water partition coefficient (Wildman–Crippen LogP) is 5.37. The van der Waals surface area contributed by atoms with Gasteiger partial charge in [-0.05, 0) is 12.1 Å². The summed E-state index contributed by atoms with van der Waals surface area (Å²) in [6, 6.07) is 4.85. The smallest absolute Gasteiger partial charge is 0.138 e. The van der Waals surface area contributed by atoms with E-state index in [-0.39, 0.29) is 0 Å². The molecule has 1 aromatic heterocycles. The molecule has 1 heterocycles. The van der Waals surface area contributed by atoms with Crippen molar-refractivity contribution in [2.24, 2.45) is 0 Å². The Morgan fingerprint density at radius 1 is 0.889 bits per heavy atom. The number of pyridine rings is 1. The first-order chi connectivity index (χ1) is 8.52. The molecule has 2 aromatic rings. The minimum Gasteiger partial charge on any atom is -0.495 e. The second-order valence-electron chi connectivity index (χ2n) is 3.45. The van der Waals surface area contributed by atoms with Gasteiger partial charge in [-0.2, -0.15) is 0 Å². The van der Waals surface area contributed by atoms with Crippen LogP contribution in [0.15, 0.2) is 24.4 Å². The van der Waals surface area contributed by atoms with Crippen molar-refractivity contribution in [1.82, 2.24) is 4.98 Å². The fourth-order valence-electron chi connectivity index (χ4n) is 1.43. The Morgan fingerprint density at radius 2 is 1.56 bits per heavy atom. The number of aromatic nitrogens is 1. The van der Waals surface area contributed by atoms with E-state index in [0.29, 0.717) is 37.1 Å². The molecule has 0 saturated heterocycles. The van der Waals surface area contributed by atoms with Gasteiger partial charge in [0.15, 0.2) is 0 Å². The molecule has 0 aliphatic carbocycles. The lowest BCUT2D eigenvalue weighted by atomic mass is 10.1. The summed E-state index contributed by atoms with van der Waals surface area (Å²) in [5, 5.41) is 1.64. The maximum Gasteiger partial charge on any atom is 0.138 e. The molecular weight excluding hydrogens is 316 g/mol. The molecule has 0 unspecified atom stereocenters. The average Bonchev–Trinajstić information content (AvgIpc) is 2.34. The van der Waals surface area contributed by atoms with E-state index in [2.05, 4.69) is 4.98 Å². The van der Waals surface area contributed by atoms with Crippen molar-refractivity contribution >= 4 is 46.4 Å². The van der Waals surface area contributed by atoms with E-state index in [9.17, 15) is 0 Å². The molecule has 0 fully saturated rings. The van der Waals surface area contributed by atoms with Gasteiger partial charge >= 0.3 is 0 Å². The lowest BCUT2D eigenvalue weighted by Gasteiger charge is -2.09. The molecular formula is C12H7Cl4NO. The Labute approximate surface area is 124 Å². The van der Waals surface area contributed by atoms with Crippen LogP contribution >= 0.6 is 46.4 Å². The second-order valence-corrected chi connectivity index (χ2v) is 5.08. The van der Waals surface area contributed by atoms with Crippen molar-refractivity contribution in [2.45, 2.75) is 0 Å². The largest absolute Gasteiger partial charge is 0.495 e. The van der Waals surface area contributed by atoms with Gasteiger partial charge < -0.3 is 4.74 Å². The van der Waals surface area contributed by atoms with Gasteiger partial charge in [0.05, 0.1) is 39.1 Å². The molecule has 18 heavy (non-hydrogen) atoms. The Balaban J connectivity index is 2.58. The second kappa shape index (κ2) is 5.54. The number of methoxy groups -OCH3 is 1. The highest BCUT2D eigenvalue weighted by Gasteiger charge is 2.13. The first-order valence-electron chi connectivity index (χ1n) is 4.87. The van der Waals surface area contributed by atoms with E-state index in [1.807, 2.05) is 0 Å². The lowest BCUT2D eigenvalue weighted by molar-refractivity contribution is 0.413. The zero-order valence-electron chi connectivity index (χ0n) is 9.18. The van der Waals surface area contributed by atoms with Crippen LogP contribution in [0.5, 0.6) is 5.75 Å². The van der Waals surface area contributed by atoms with Gasteiger partial charge in [-0.15, -0.1) is 0 Å². The standard InChI is InChI=1S/C12H7Cl4NO/c1-18-6-2-11(16)12(17-5-6)7-3-9(14)10(15)4-8(7)13/h2-5H,1H3. The number of hydrogen-bond acceptors (Lipinski definition) is 2. The highest BCUT2D eigenvalue weighted by molar-refractivity contribution is 6.44. The third-order valence-corrected chi connectivity index (χ3v) is 3.64. The topological polar surface area (TPSA) is 22.1 Å². The Morgan fingerprint density at radius 3 is 2.17 bits per heavy atom. The highest BCUT2D eigenvalue weighted by Crippen LogP contribution is 2.37. The van der Waals surface area contributed by atoms with E-state index < -0.39 is 0 Å². The monoisotopic (exact) mass is 321 g/mol. The fourth-order valence-corrected chi connectivity index (χ4v) is 2.33. The van der Waals surface area contributed by atoms with Crippen molar-refractivity contribution < 1.29 is 4.74 Å². The molecule has 0 amide bonds. The van der Waals surface area contributed by atoms with E-state index in [1.165, 1.54) is 0 Å². The van der Waals surface area contributed by atoms with Crippen molar-refractivity contribution in [1.29, 1.82) is 0 Å². The van der Waals surface area contributed by atoms with Crippen molar-refractivity contribution in [3.63, 3.8) is 0 Å². The van der Waals surface area contributed by atoms with Crippen molar-refractivity contribution in [3.05, 3.63) is 44.5 Å². The summed E-state index contributed by atoms with van der Waals surface area (Å²) in [6.45, 7) is 0. The number of halogens is 4. The molecule has 0 saturated carbocycles. The SMILES string of the molecule is COc1cnc(-c2cc(Cl)c(Cl)cc2Cl)c(Cl)c1. The zero-order chi connectivity index (χ0) is 13.3. The van der Waals surface area contributed by atoms with Crippen LogP contribution in [0.1, 0.15) is 0 Å². The number of rotatable bonds is 2. The third kappa shape index (κ3) is 2.67. The molecule has 0 aliphatic rings. The van der Waals surface area contributed by atoms with Crippen LogP contribution in [0.2, 0.25) is 20.1 Å². The quantitative estimate of drug-likeness (QED) is 0.693. The summed E-state index contributed by atoms with van der Waals surface area (Å²) in [7, 11) is 1.54. The first-order valence-corrected chi connectivity index (χ1v) is 6.38. The Bertz CT molecular complexity index is 601. The van der Waals surface area contributed by atoms with E-state index in [1.54, 1.807) is 31.5 Å². The summed E-state index contributed by atoms with van der Waals surface area (Å²) in [6.07, 6.45) is 1.56. The Hall–Kier alpha value is -0.670. The van der Waals surface area contributed by atoms with Gasteiger partial charge in [0, 0.05) is 11.6 Å². The fraction of sp³-hybridized carbons (Fsp3) is 0.0833. The maximum atomic E-state index is 6.13. The summed E-state index contributed by atoms with van der Waals surface area (Å²) in [5.41, 5.74) is 1.15. The molecule has 94 valence electrons. The number of ether oxygens (including phenoxy) is 1. The lowest BCUT2D eigenvalue weighted by Crippen LogP contribution is -1.90. The van der Waals surface area contributed by atoms with Crippen LogP contribution in [0.4, 0.5) is 0 Å². The molecule has 1 aromatic carbocycles. The molecule has 0 atom stereocenters. The van der Waals surface area contributed by atoms with Crippen LogP contribution in [-0.4, -0.2) is 12.1 Å². The minimum absolute atomic E-state index is 0.384. The third-order valence-electron chi connectivity index (χ3n) is 2.32. The highest BCUT2D eigenvalue weighted by atomic mass is 35.5. The molecule has 0 aliphatic heterocycles. The van der Waals surface area contributed by atoms with Gasteiger partial charge in [-0.1, -0.05) is 46.4 Å². The van der Waals surface area contributed by atoms with E-state index in [4.69, 9.17) is 51.1 Å². The molecule has 6 heteroatoms. The van der Waals surface area contributed by atoms with Gasteiger partial charge in [0.25, 0.3) is 0 Å². The molecule has 0 spiro atoms. The summed E-state index contributed by atoms with van der Waals surface area (Å²) in [5.74, 6) is 0.569. The minimum atomic E-state index is 0.384. The van der Waals surface area contributed by atoms with Crippen LogP contribution < -0.4 is 4.74 Å². The van der Waals surface area contributed by atoms with Crippen LogP contribution in [0, 0.1) is 0 Å². The Kier molecular flexibility index (Phi) is 4.23. The zero-order valence-corrected chi connectivity index (χ0v) is 12.2. The van der Waals surface area contributed by atoms with Gasteiger partial charge in [-0.3, -0.25) is 4.98 Å². The van der Waals surface area contributed by atoms with Crippen LogP contribution in [-0.2, 0) is 0 Å². The molecule has 2 rings (SSSR count). The van der Waals surface area contributed by atoms with E-state index in [0.717, 1.165) is 0 Å². The summed E-state index contributed by atoms with van der Waals surface area (Å²) < 4.78 is 5.03. The molecule has 0 bridgehead atoms. The van der Waals surface area contributed by atoms with E-state index >= 15 is 0 Å². The molecule has 0 N–H and O–H groups in total. The van der Waals surface area contributed by atoms with Gasteiger partial charge in [0.2, 0.25) is 0 Å². The maximum absolute atomic E-state index is 6.13. The number of hydrogen-bond donors (Lipinski definition) is 0. The number of nitrogens with zero attached hydrogens (tertiary/aromatic N) is 1. The van der Waals surface area contributed by atoms with Crippen molar-refractivity contribution in [3.8, 4) is 17.0 Å². The summed E-state index contributed by atoms with van der Waals surface area (Å²) >= 11 is 24.1. The first kappa shape index (κ1) is 13.8. The van der Waals surface area contributed by atoms with Gasteiger partial charge in [-0.25, -0.2) is 0 Å². The van der Waals surface area contributed by atoms with Gasteiger partial charge in [0.1, 0.15) is 5.75 Å².